The molecule has 3 N–H and O–H groups in total. The summed E-state index contributed by atoms with van der Waals surface area (Å²) in [6.45, 7) is 7.01. The van der Waals surface area contributed by atoms with Gasteiger partial charge >= 0.3 is 6.03 Å². The molecule has 0 fully saturated rings. The van der Waals surface area contributed by atoms with Crippen LogP contribution in [0.15, 0.2) is 42.5 Å². The normalized spacial score (nSPS) is 11.7. The van der Waals surface area contributed by atoms with Crippen LogP contribution < -0.4 is 15.5 Å². The number of imide groups is 1. The molecule has 0 bridgehead atoms. The number of quaternary nitrogens is 1. The number of carbonyl (C=O) groups excluding carboxylic acids is 2. The Labute approximate surface area is 155 Å². The molecule has 1 atom stereocenters. The first-order chi connectivity index (χ1) is 12.4. The van der Waals surface area contributed by atoms with Crippen molar-refractivity contribution in [2.75, 3.05) is 18.9 Å². The second-order valence-corrected chi connectivity index (χ2v) is 6.80. The van der Waals surface area contributed by atoms with Gasteiger partial charge in [-0.1, -0.05) is 48.9 Å². The number of likely N-dealkylation sites (N-methyl/N-ethyl adjacent to an activating group) is 1. The fourth-order valence-electron chi connectivity index (χ4n) is 2.86. The molecule has 0 heterocycles. The Kier molecular flexibility index (Phi) is 6.92. The molecule has 2 rings (SSSR count). The number of anilines is 1. The number of urea groups is 1. The summed E-state index contributed by atoms with van der Waals surface area (Å²) in [5, 5.41) is 5.12. The summed E-state index contributed by atoms with van der Waals surface area (Å²) in [7, 11) is 1.94. The van der Waals surface area contributed by atoms with Crippen molar-refractivity contribution in [3.63, 3.8) is 0 Å². The van der Waals surface area contributed by atoms with E-state index in [0.29, 0.717) is 5.69 Å². The van der Waals surface area contributed by atoms with Gasteiger partial charge in [0.25, 0.3) is 5.91 Å². The lowest BCUT2D eigenvalue weighted by Gasteiger charge is -2.14. The van der Waals surface area contributed by atoms with Crippen molar-refractivity contribution < 1.29 is 14.5 Å². The van der Waals surface area contributed by atoms with Crippen molar-refractivity contribution in [1.82, 2.24) is 5.32 Å². The zero-order valence-corrected chi connectivity index (χ0v) is 16.0. The summed E-state index contributed by atoms with van der Waals surface area (Å²) in [5.74, 6) is -0.296. The van der Waals surface area contributed by atoms with Crippen molar-refractivity contribution >= 4 is 17.6 Å². The molecule has 0 saturated carbocycles. The Morgan fingerprint density at radius 2 is 1.65 bits per heavy atom. The molecule has 0 aliphatic rings. The highest BCUT2D eigenvalue weighted by molar-refractivity contribution is 6.01. The van der Waals surface area contributed by atoms with E-state index >= 15 is 0 Å². The topological polar surface area (TPSA) is 62.6 Å². The molecule has 0 aliphatic heterocycles. The third-order valence-corrected chi connectivity index (χ3v) is 4.28. The predicted octanol–water partition coefficient (Wildman–Crippen LogP) is 2.23. The molecule has 2 aromatic rings. The zero-order chi connectivity index (χ0) is 19.1. The minimum atomic E-state index is -0.498. The van der Waals surface area contributed by atoms with Gasteiger partial charge in [0.1, 0.15) is 6.54 Å². The molecule has 3 amide bonds. The Morgan fingerprint density at radius 1 is 1.00 bits per heavy atom. The number of carbonyl (C=O) groups is 2. The first kappa shape index (κ1) is 19.7. The van der Waals surface area contributed by atoms with Gasteiger partial charge in [0.05, 0.1) is 7.05 Å². The SMILES string of the molecule is CCc1ccc(C[NH+](C)CC(=O)NC(=O)Nc2ccc(C)cc2C)cc1. The monoisotopic (exact) mass is 354 g/mol. The summed E-state index contributed by atoms with van der Waals surface area (Å²) in [4.78, 5) is 25.1. The van der Waals surface area contributed by atoms with Crippen LogP contribution >= 0.6 is 0 Å². The molecule has 0 aromatic heterocycles. The fraction of sp³-hybridized carbons (Fsp3) is 0.333. The molecule has 5 heteroatoms. The maximum absolute atomic E-state index is 12.1. The highest BCUT2D eigenvalue weighted by atomic mass is 16.2. The molecule has 0 aliphatic carbocycles. The van der Waals surface area contributed by atoms with Crippen LogP contribution in [-0.4, -0.2) is 25.5 Å². The number of hydrogen-bond acceptors (Lipinski definition) is 2. The summed E-state index contributed by atoms with van der Waals surface area (Å²) in [6, 6.07) is 13.7. The minimum absolute atomic E-state index is 0.232. The van der Waals surface area contributed by atoms with Crippen LogP contribution in [0.1, 0.15) is 29.2 Å². The summed E-state index contributed by atoms with van der Waals surface area (Å²) in [6.07, 6.45) is 1.01. The Bertz CT molecular complexity index is 769. The highest BCUT2D eigenvalue weighted by Crippen LogP contribution is 2.15. The van der Waals surface area contributed by atoms with E-state index in [2.05, 4.69) is 41.8 Å². The molecular weight excluding hydrogens is 326 g/mol. The maximum atomic E-state index is 12.1. The van der Waals surface area contributed by atoms with Gasteiger partial charge in [-0.3, -0.25) is 10.1 Å². The molecule has 26 heavy (non-hydrogen) atoms. The van der Waals surface area contributed by atoms with E-state index in [-0.39, 0.29) is 12.5 Å². The molecule has 138 valence electrons. The van der Waals surface area contributed by atoms with Crippen molar-refractivity contribution in [3.05, 3.63) is 64.7 Å². The first-order valence-electron chi connectivity index (χ1n) is 8.94. The molecule has 0 spiro atoms. The van der Waals surface area contributed by atoms with E-state index in [4.69, 9.17) is 0 Å². The number of benzene rings is 2. The largest absolute Gasteiger partial charge is 0.326 e. The van der Waals surface area contributed by atoms with Crippen molar-refractivity contribution in [3.8, 4) is 0 Å². The number of nitrogens with one attached hydrogen (secondary N) is 3. The van der Waals surface area contributed by atoms with Gasteiger partial charge in [0.2, 0.25) is 0 Å². The van der Waals surface area contributed by atoms with Crippen LogP contribution in [0.2, 0.25) is 0 Å². The van der Waals surface area contributed by atoms with Gasteiger partial charge < -0.3 is 10.2 Å². The van der Waals surface area contributed by atoms with Gasteiger partial charge in [-0.2, -0.15) is 0 Å². The summed E-state index contributed by atoms with van der Waals surface area (Å²) < 4.78 is 0. The predicted molar refractivity (Wildman–Crippen MR) is 104 cm³/mol. The van der Waals surface area contributed by atoms with E-state index in [1.165, 1.54) is 11.1 Å². The minimum Gasteiger partial charge on any atom is -0.326 e. The second kappa shape index (κ2) is 9.15. The lowest BCUT2D eigenvalue weighted by molar-refractivity contribution is -0.885. The summed E-state index contributed by atoms with van der Waals surface area (Å²) in [5.41, 5.74) is 5.27. The number of hydrogen-bond donors (Lipinski definition) is 3. The van der Waals surface area contributed by atoms with Gasteiger partial charge in [-0.25, -0.2) is 4.79 Å². The van der Waals surface area contributed by atoms with E-state index in [0.717, 1.165) is 29.0 Å². The molecule has 2 aromatic carbocycles. The van der Waals surface area contributed by atoms with Gasteiger partial charge in [-0.05, 0) is 37.5 Å². The van der Waals surface area contributed by atoms with Crippen LogP contribution in [-0.2, 0) is 17.8 Å². The van der Waals surface area contributed by atoms with Crippen LogP contribution in [0, 0.1) is 13.8 Å². The molecule has 0 radical (unpaired) electrons. The third-order valence-electron chi connectivity index (χ3n) is 4.28. The smallest absolute Gasteiger partial charge is 0.326 e. The third kappa shape index (κ3) is 6.01. The summed E-state index contributed by atoms with van der Waals surface area (Å²) >= 11 is 0. The fourth-order valence-corrected chi connectivity index (χ4v) is 2.86. The van der Waals surface area contributed by atoms with E-state index in [1.807, 2.05) is 39.1 Å². The highest BCUT2D eigenvalue weighted by Gasteiger charge is 2.14. The van der Waals surface area contributed by atoms with E-state index in [1.54, 1.807) is 0 Å². The molecule has 5 nitrogen and oxygen atoms in total. The number of amides is 3. The van der Waals surface area contributed by atoms with Crippen LogP contribution in [0.5, 0.6) is 0 Å². The van der Waals surface area contributed by atoms with Crippen LogP contribution in [0.25, 0.3) is 0 Å². The van der Waals surface area contributed by atoms with Crippen LogP contribution in [0.4, 0.5) is 10.5 Å². The van der Waals surface area contributed by atoms with Crippen molar-refractivity contribution in [1.29, 1.82) is 0 Å². The van der Waals surface area contributed by atoms with Gasteiger partial charge in [0.15, 0.2) is 6.54 Å². The standard InChI is InChI=1S/C21H27N3O2/c1-5-17-7-9-18(10-8-17)13-24(4)14-20(25)23-21(26)22-19-11-6-15(2)12-16(19)3/h6-12H,5,13-14H2,1-4H3,(H2,22,23,25,26)/p+1. The molecular formula is C21H28N3O2+. The van der Waals surface area contributed by atoms with Gasteiger partial charge in [-0.15, -0.1) is 0 Å². The average molecular weight is 354 g/mol. The number of rotatable bonds is 6. The van der Waals surface area contributed by atoms with Gasteiger partial charge in [0, 0.05) is 11.3 Å². The van der Waals surface area contributed by atoms with E-state index < -0.39 is 6.03 Å². The van der Waals surface area contributed by atoms with Crippen LogP contribution in [0.3, 0.4) is 0 Å². The maximum Gasteiger partial charge on any atom is 0.326 e. The quantitative estimate of drug-likeness (QED) is 0.745. The second-order valence-electron chi connectivity index (χ2n) is 6.80. The van der Waals surface area contributed by atoms with Crippen molar-refractivity contribution in [2.45, 2.75) is 33.7 Å². The van der Waals surface area contributed by atoms with Crippen molar-refractivity contribution in [2.24, 2.45) is 0 Å². The Balaban J connectivity index is 1.81. The Morgan fingerprint density at radius 3 is 2.27 bits per heavy atom. The van der Waals surface area contributed by atoms with E-state index in [9.17, 15) is 9.59 Å². The zero-order valence-electron chi connectivity index (χ0n) is 16.0. The number of aryl methyl sites for hydroxylation is 3. The Hall–Kier alpha value is -2.66. The lowest BCUT2D eigenvalue weighted by atomic mass is 10.1. The lowest BCUT2D eigenvalue weighted by Crippen LogP contribution is -3.09. The molecule has 1 unspecified atom stereocenters. The molecule has 0 saturated heterocycles. The average Bonchev–Trinajstić information content (AvgIpc) is 2.57. The first-order valence-corrected chi connectivity index (χ1v) is 8.94.